The van der Waals surface area contributed by atoms with Crippen LogP contribution >= 0.6 is 31.9 Å². The minimum atomic E-state index is -1.03. The van der Waals surface area contributed by atoms with E-state index in [1.807, 2.05) is 54.6 Å². The maximum atomic E-state index is 13.8. The number of rotatable bonds is 5. The maximum Gasteiger partial charge on any atom is 0.273 e. The molecule has 43 heavy (non-hydrogen) atoms. The third kappa shape index (κ3) is 6.58. The van der Waals surface area contributed by atoms with E-state index in [0.29, 0.717) is 26.7 Å². The van der Waals surface area contributed by atoms with E-state index in [1.54, 1.807) is 13.1 Å². The smallest absolute Gasteiger partial charge is 0.273 e. The van der Waals surface area contributed by atoms with Crippen LogP contribution in [0.25, 0.3) is 21.8 Å². The SMILES string of the molecule is Cc1nc2c(F)c(F)ccc2cc1Oc1cc([N+](=O)[O-])ccc1Br.O=C(c1cnc2ccccc2c1)c1ccccc1Br. The van der Waals surface area contributed by atoms with E-state index < -0.39 is 16.6 Å². The number of aryl methyl sites for hydroxylation is 1. The van der Waals surface area contributed by atoms with Gasteiger partial charge in [-0.25, -0.2) is 13.8 Å². The van der Waals surface area contributed by atoms with Crippen LogP contribution in [0.3, 0.4) is 0 Å². The average molecular weight is 707 g/mol. The molecule has 0 bridgehead atoms. The van der Waals surface area contributed by atoms with Crippen molar-refractivity contribution in [3.05, 3.63) is 145 Å². The lowest BCUT2D eigenvalue weighted by molar-refractivity contribution is -0.384. The Morgan fingerprint density at radius 2 is 1.60 bits per heavy atom. The molecular weight excluding hydrogens is 688 g/mol. The summed E-state index contributed by atoms with van der Waals surface area (Å²) in [6.45, 7) is 1.57. The Bertz CT molecular complexity index is 2040. The molecule has 0 unspecified atom stereocenters. The summed E-state index contributed by atoms with van der Waals surface area (Å²) in [6.07, 6.45) is 1.63. The first-order valence-corrected chi connectivity index (χ1v) is 14.2. The van der Waals surface area contributed by atoms with E-state index in [-0.39, 0.29) is 28.5 Å². The van der Waals surface area contributed by atoms with Gasteiger partial charge in [0.05, 0.1) is 26.7 Å². The summed E-state index contributed by atoms with van der Waals surface area (Å²) in [7, 11) is 0. The Labute approximate surface area is 260 Å². The predicted octanol–water partition coefficient (Wildman–Crippen LogP) is 9.51. The predicted molar refractivity (Wildman–Crippen MR) is 167 cm³/mol. The number of non-ortho nitro benzene ring substituents is 1. The second kappa shape index (κ2) is 12.7. The van der Waals surface area contributed by atoms with Gasteiger partial charge >= 0.3 is 0 Å². The van der Waals surface area contributed by atoms with E-state index >= 15 is 0 Å². The van der Waals surface area contributed by atoms with Crippen LogP contribution in [0.4, 0.5) is 14.5 Å². The third-order valence-corrected chi connectivity index (χ3v) is 7.69. The van der Waals surface area contributed by atoms with Gasteiger partial charge < -0.3 is 4.74 Å². The number of carbonyl (C=O) groups excluding carboxylic acids is 1. The first-order valence-electron chi connectivity index (χ1n) is 12.6. The van der Waals surface area contributed by atoms with Gasteiger partial charge in [-0.2, -0.15) is 0 Å². The van der Waals surface area contributed by atoms with Crippen LogP contribution < -0.4 is 4.74 Å². The van der Waals surface area contributed by atoms with Crippen molar-refractivity contribution in [2.45, 2.75) is 6.92 Å². The van der Waals surface area contributed by atoms with Gasteiger partial charge in [0, 0.05) is 38.6 Å². The lowest BCUT2D eigenvalue weighted by Crippen LogP contribution is -2.02. The van der Waals surface area contributed by atoms with Crippen LogP contribution in [0.5, 0.6) is 11.5 Å². The Morgan fingerprint density at radius 1 is 0.860 bits per heavy atom. The first kappa shape index (κ1) is 29.9. The van der Waals surface area contributed by atoms with Crippen LogP contribution in [0.1, 0.15) is 21.6 Å². The molecule has 0 aliphatic rings. The van der Waals surface area contributed by atoms with Crippen LogP contribution in [-0.2, 0) is 0 Å². The monoisotopic (exact) mass is 705 g/mol. The number of nitro benzene ring substituents is 1. The molecule has 7 nitrogen and oxygen atoms in total. The van der Waals surface area contributed by atoms with Gasteiger partial charge in [0.15, 0.2) is 17.4 Å². The van der Waals surface area contributed by atoms with Crippen molar-refractivity contribution in [3.8, 4) is 11.5 Å². The summed E-state index contributed by atoms with van der Waals surface area (Å²) in [5.41, 5.74) is 2.24. The summed E-state index contributed by atoms with van der Waals surface area (Å²) >= 11 is 6.66. The molecule has 214 valence electrons. The van der Waals surface area contributed by atoms with Crippen LogP contribution in [-0.4, -0.2) is 20.7 Å². The molecule has 11 heteroatoms. The van der Waals surface area contributed by atoms with Crippen molar-refractivity contribution >= 4 is 65.1 Å². The van der Waals surface area contributed by atoms with Crippen molar-refractivity contribution in [3.63, 3.8) is 0 Å². The number of fused-ring (bicyclic) bond motifs is 2. The fourth-order valence-electron chi connectivity index (χ4n) is 4.16. The Hall–Kier alpha value is -4.61. The van der Waals surface area contributed by atoms with Crippen molar-refractivity contribution in [2.24, 2.45) is 0 Å². The Kier molecular flexibility index (Phi) is 8.84. The molecule has 6 aromatic rings. The van der Waals surface area contributed by atoms with Gasteiger partial charge in [-0.15, -0.1) is 0 Å². The normalized spacial score (nSPS) is 10.7. The Balaban J connectivity index is 0.000000176. The second-order valence-electron chi connectivity index (χ2n) is 9.20. The molecule has 2 heterocycles. The molecule has 0 fully saturated rings. The summed E-state index contributed by atoms with van der Waals surface area (Å²) < 4.78 is 34.1. The Morgan fingerprint density at radius 3 is 2.37 bits per heavy atom. The highest BCUT2D eigenvalue weighted by Crippen LogP contribution is 2.35. The number of hydrogen-bond acceptors (Lipinski definition) is 6. The maximum absolute atomic E-state index is 13.8. The van der Waals surface area contributed by atoms with Gasteiger partial charge in [0.2, 0.25) is 0 Å². The number of nitrogens with zero attached hydrogens (tertiary/aromatic N) is 3. The number of ether oxygens (including phenoxy) is 1. The van der Waals surface area contributed by atoms with Crippen molar-refractivity contribution in [1.29, 1.82) is 0 Å². The molecule has 0 atom stereocenters. The molecule has 6 rings (SSSR count). The van der Waals surface area contributed by atoms with Crippen LogP contribution in [0.15, 0.2) is 106 Å². The molecule has 0 spiro atoms. The summed E-state index contributed by atoms with van der Waals surface area (Å²) in [4.78, 5) is 31.1. The number of halogens is 4. The molecule has 0 N–H and O–H groups in total. The van der Waals surface area contributed by atoms with Crippen LogP contribution in [0.2, 0.25) is 0 Å². The number of ketones is 1. The minimum absolute atomic E-state index is 0.0225. The number of benzene rings is 4. The fourth-order valence-corrected chi connectivity index (χ4v) is 4.95. The average Bonchev–Trinajstić information content (AvgIpc) is 3.01. The molecule has 0 amide bonds. The van der Waals surface area contributed by atoms with E-state index in [2.05, 4.69) is 41.8 Å². The highest BCUT2D eigenvalue weighted by Gasteiger charge is 2.16. The van der Waals surface area contributed by atoms with Crippen molar-refractivity contribution < 1.29 is 23.2 Å². The topological polar surface area (TPSA) is 95.2 Å². The molecule has 0 aliphatic heterocycles. The summed E-state index contributed by atoms with van der Waals surface area (Å²) in [6, 6.07) is 25.0. The lowest BCUT2D eigenvalue weighted by atomic mass is 10.0. The molecule has 0 saturated heterocycles. The largest absolute Gasteiger partial charge is 0.454 e. The number of carbonyl (C=O) groups is 1. The highest BCUT2D eigenvalue weighted by molar-refractivity contribution is 9.10. The zero-order valence-electron chi connectivity index (χ0n) is 22.2. The molecule has 0 aliphatic carbocycles. The zero-order chi connectivity index (χ0) is 30.7. The van der Waals surface area contributed by atoms with Gasteiger partial charge in [0.1, 0.15) is 17.0 Å². The number of pyridine rings is 2. The number of hydrogen-bond donors (Lipinski definition) is 0. The van der Waals surface area contributed by atoms with E-state index in [0.717, 1.165) is 21.4 Å². The first-order chi connectivity index (χ1) is 20.6. The highest BCUT2D eigenvalue weighted by atomic mass is 79.9. The van der Waals surface area contributed by atoms with Gasteiger partial charge in [-0.1, -0.05) is 46.3 Å². The third-order valence-electron chi connectivity index (χ3n) is 6.34. The quantitative estimate of drug-likeness (QED) is 0.101. The van der Waals surface area contributed by atoms with E-state index in [1.165, 1.54) is 30.3 Å². The number of para-hydroxylation sites is 1. The summed E-state index contributed by atoms with van der Waals surface area (Å²) in [5, 5.41) is 12.2. The standard InChI is InChI=1S/C16H9BrF2N2O3.C16H10BrNO/c1-8-13(6-9-2-5-12(18)15(19)16(9)20-8)24-14-7-10(21(22)23)3-4-11(14)17;17-14-7-3-2-6-13(14)16(19)12-9-11-5-1-4-8-15(11)18-10-12/h2-7H,1H3;1-10H. The van der Waals surface area contributed by atoms with Crippen molar-refractivity contribution in [1.82, 2.24) is 9.97 Å². The molecule has 0 radical (unpaired) electrons. The molecule has 0 saturated carbocycles. The molecule has 4 aromatic carbocycles. The number of nitro groups is 1. The van der Waals surface area contributed by atoms with E-state index in [9.17, 15) is 23.7 Å². The minimum Gasteiger partial charge on any atom is -0.454 e. The molecule has 2 aromatic heterocycles. The fraction of sp³-hybridized carbons (Fsp3) is 0.0312. The lowest BCUT2D eigenvalue weighted by Gasteiger charge is -2.11. The zero-order valence-corrected chi connectivity index (χ0v) is 25.4. The van der Waals surface area contributed by atoms with E-state index in [4.69, 9.17) is 4.74 Å². The number of aromatic nitrogens is 2. The van der Waals surface area contributed by atoms with Gasteiger partial charge in [-0.3, -0.25) is 19.9 Å². The van der Waals surface area contributed by atoms with Gasteiger partial charge in [-0.05, 0) is 71.4 Å². The second-order valence-corrected chi connectivity index (χ2v) is 10.9. The summed E-state index contributed by atoms with van der Waals surface area (Å²) in [5.74, 6) is -1.53. The van der Waals surface area contributed by atoms with Crippen molar-refractivity contribution in [2.75, 3.05) is 0 Å². The van der Waals surface area contributed by atoms with Gasteiger partial charge in [0.25, 0.3) is 5.69 Å². The van der Waals surface area contributed by atoms with Crippen LogP contribution in [0, 0.1) is 28.7 Å². The molecular formula is C32H19Br2F2N3O4.